The van der Waals surface area contributed by atoms with E-state index >= 15 is 0 Å². The van der Waals surface area contributed by atoms with Crippen molar-refractivity contribution in [2.75, 3.05) is 6.26 Å². The number of aryl methyl sites for hydroxylation is 3. The first kappa shape index (κ1) is 20.8. The molecule has 2 heterocycles. The molecule has 8 heteroatoms. The summed E-state index contributed by atoms with van der Waals surface area (Å²) in [7, 11) is 0. The number of thiophene rings is 1. The lowest BCUT2D eigenvalue weighted by atomic mass is 9.90. The van der Waals surface area contributed by atoms with Crippen molar-refractivity contribution in [3.05, 3.63) is 38.3 Å². The second-order valence-electron chi connectivity index (χ2n) is 7.27. The SMILES string of the molecule is CSc1nc(C)c(CCC(=O)NNC(=O)c2cc3c(s2)CC[C@@H](C)C3)c(C)n1. The maximum absolute atomic E-state index is 12.4. The average Bonchev–Trinajstić information content (AvgIpc) is 3.08. The number of hydrogen-bond donors (Lipinski definition) is 2. The molecule has 2 aromatic heterocycles. The van der Waals surface area contributed by atoms with E-state index < -0.39 is 0 Å². The van der Waals surface area contributed by atoms with Gasteiger partial charge in [0.15, 0.2) is 5.16 Å². The Morgan fingerprint density at radius 3 is 2.64 bits per heavy atom. The molecule has 0 saturated heterocycles. The van der Waals surface area contributed by atoms with Crippen molar-refractivity contribution in [2.45, 2.75) is 58.0 Å². The van der Waals surface area contributed by atoms with Crippen molar-refractivity contribution >= 4 is 34.9 Å². The molecule has 28 heavy (non-hydrogen) atoms. The molecule has 0 aliphatic heterocycles. The molecule has 0 unspecified atom stereocenters. The van der Waals surface area contributed by atoms with Gasteiger partial charge in [-0.3, -0.25) is 20.4 Å². The van der Waals surface area contributed by atoms with Gasteiger partial charge in [0.05, 0.1) is 4.88 Å². The Bertz CT molecular complexity index is 871. The standard InChI is InChI=1S/C20H26N4O2S2/c1-11-5-7-16-14(9-11)10-17(28-16)19(26)24-23-18(25)8-6-15-12(2)21-20(27-4)22-13(15)3/h10-11H,5-9H2,1-4H3,(H,23,25)(H,24,26)/t11-/m1/s1. The number of rotatable bonds is 5. The van der Waals surface area contributed by atoms with Crippen LogP contribution >= 0.6 is 23.1 Å². The van der Waals surface area contributed by atoms with E-state index in [2.05, 4.69) is 27.7 Å². The molecule has 0 radical (unpaired) electrons. The van der Waals surface area contributed by atoms with Crippen LogP contribution in [-0.2, 0) is 24.1 Å². The molecule has 2 aromatic rings. The number of hydrazine groups is 1. The number of amides is 2. The molecule has 1 aliphatic carbocycles. The van der Waals surface area contributed by atoms with Gasteiger partial charge in [-0.25, -0.2) is 9.97 Å². The average molecular weight is 419 g/mol. The van der Waals surface area contributed by atoms with Crippen molar-refractivity contribution in [3.8, 4) is 0 Å². The molecule has 2 N–H and O–H groups in total. The van der Waals surface area contributed by atoms with E-state index in [9.17, 15) is 9.59 Å². The van der Waals surface area contributed by atoms with Gasteiger partial charge in [0, 0.05) is 22.7 Å². The summed E-state index contributed by atoms with van der Waals surface area (Å²) >= 11 is 3.03. The van der Waals surface area contributed by atoms with E-state index in [1.54, 1.807) is 0 Å². The highest BCUT2D eigenvalue weighted by Crippen LogP contribution is 2.32. The van der Waals surface area contributed by atoms with E-state index in [-0.39, 0.29) is 18.2 Å². The van der Waals surface area contributed by atoms with Crippen LogP contribution in [0.3, 0.4) is 0 Å². The molecule has 0 saturated carbocycles. The van der Waals surface area contributed by atoms with Crippen molar-refractivity contribution in [1.29, 1.82) is 0 Å². The molecule has 0 aromatic carbocycles. The summed E-state index contributed by atoms with van der Waals surface area (Å²) in [5.74, 6) is 0.190. The Morgan fingerprint density at radius 2 is 1.96 bits per heavy atom. The lowest BCUT2D eigenvalue weighted by Gasteiger charge is -2.16. The van der Waals surface area contributed by atoms with Crippen LogP contribution in [0.2, 0.25) is 0 Å². The third-order valence-electron chi connectivity index (χ3n) is 5.05. The first-order valence-corrected chi connectivity index (χ1v) is 11.5. The van der Waals surface area contributed by atoms with Gasteiger partial charge in [0.1, 0.15) is 0 Å². The monoisotopic (exact) mass is 418 g/mol. The fraction of sp³-hybridized carbons (Fsp3) is 0.500. The quantitative estimate of drug-likeness (QED) is 0.442. The molecule has 1 aliphatic rings. The van der Waals surface area contributed by atoms with Crippen LogP contribution in [0.5, 0.6) is 0 Å². The summed E-state index contributed by atoms with van der Waals surface area (Å²) in [5.41, 5.74) is 9.12. The lowest BCUT2D eigenvalue weighted by molar-refractivity contribution is -0.121. The smallest absolute Gasteiger partial charge is 0.273 e. The summed E-state index contributed by atoms with van der Waals surface area (Å²) in [4.78, 5) is 35.4. The van der Waals surface area contributed by atoms with Crippen molar-refractivity contribution < 1.29 is 9.59 Å². The zero-order valence-corrected chi connectivity index (χ0v) is 18.4. The predicted octanol–water partition coefficient (Wildman–Crippen LogP) is 3.40. The van der Waals surface area contributed by atoms with Gasteiger partial charge in [-0.05, 0) is 68.9 Å². The number of hydrogen-bond acceptors (Lipinski definition) is 6. The van der Waals surface area contributed by atoms with Crippen LogP contribution in [0.1, 0.15) is 56.8 Å². The zero-order chi connectivity index (χ0) is 20.3. The molecule has 3 rings (SSSR count). The molecule has 0 bridgehead atoms. The Hall–Kier alpha value is -1.93. The maximum Gasteiger partial charge on any atom is 0.279 e. The molecule has 1 atom stereocenters. The minimum Gasteiger partial charge on any atom is -0.273 e. The number of carbonyl (C=O) groups excluding carboxylic acids is 2. The zero-order valence-electron chi connectivity index (χ0n) is 16.7. The molecule has 0 spiro atoms. The second-order valence-corrected chi connectivity index (χ2v) is 9.18. The van der Waals surface area contributed by atoms with Crippen molar-refractivity contribution in [3.63, 3.8) is 0 Å². The topological polar surface area (TPSA) is 84.0 Å². The lowest BCUT2D eigenvalue weighted by Crippen LogP contribution is -2.41. The van der Waals surface area contributed by atoms with Crippen LogP contribution in [0.15, 0.2) is 11.2 Å². The number of fused-ring (bicyclic) bond motifs is 1. The highest BCUT2D eigenvalue weighted by atomic mass is 32.2. The maximum atomic E-state index is 12.4. The first-order valence-electron chi connectivity index (χ1n) is 9.46. The fourth-order valence-electron chi connectivity index (χ4n) is 3.47. The van der Waals surface area contributed by atoms with Gasteiger partial charge in [0.25, 0.3) is 5.91 Å². The number of nitrogens with one attached hydrogen (secondary N) is 2. The number of aromatic nitrogens is 2. The van der Waals surface area contributed by atoms with Gasteiger partial charge in [-0.1, -0.05) is 18.7 Å². The summed E-state index contributed by atoms with van der Waals surface area (Å²) in [5, 5.41) is 0.739. The summed E-state index contributed by atoms with van der Waals surface area (Å²) < 4.78 is 0. The van der Waals surface area contributed by atoms with Gasteiger partial charge < -0.3 is 0 Å². The van der Waals surface area contributed by atoms with E-state index in [0.29, 0.717) is 17.2 Å². The molecular weight excluding hydrogens is 392 g/mol. The second kappa shape index (κ2) is 9.05. The van der Waals surface area contributed by atoms with Gasteiger partial charge in [-0.2, -0.15) is 0 Å². The molecule has 6 nitrogen and oxygen atoms in total. The van der Waals surface area contributed by atoms with Gasteiger partial charge >= 0.3 is 0 Å². The van der Waals surface area contributed by atoms with E-state index in [0.717, 1.165) is 34.9 Å². The predicted molar refractivity (Wildman–Crippen MR) is 113 cm³/mol. The van der Waals surface area contributed by atoms with Gasteiger partial charge in [0.2, 0.25) is 5.91 Å². The largest absolute Gasteiger partial charge is 0.279 e. The summed E-state index contributed by atoms with van der Waals surface area (Å²) in [6.45, 7) is 6.11. The van der Waals surface area contributed by atoms with Crippen molar-refractivity contribution in [1.82, 2.24) is 20.8 Å². The van der Waals surface area contributed by atoms with E-state index in [4.69, 9.17) is 0 Å². The van der Waals surface area contributed by atoms with Crippen LogP contribution in [0, 0.1) is 19.8 Å². The first-order chi connectivity index (χ1) is 13.4. The molecule has 150 valence electrons. The highest BCUT2D eigenvalue weighted by Gasteiger charge is 2.21. The Labute approximate surface area is 173 Å². The third-order valence-corrected chi connectivity index (χ3v) is 6.84. The normalized spacial score (nSPS) is 15.8. The minimum absolute atomic E-state index is 0.226. The number of nitrogens with zero attached hydrogens (tertiary/aromatic N) is 2. The molecule has 2 amide bonds. The highest BCUT2D eigenvalue weighted by molar-refractivity contribution is 7.98. The molecule has 0 fully saturated rings. The number of thioether (sulfide) groups is 1. The summed E-state index contributed by atoms with van der Waals surface area (Å²) in [6, 6.07) is 1.97. The van der Waals surface area contributed by atoms with E-state index in [1.807, 2.05) is 26.2 Å². The third kappa shape index (κ3) is 4.91. The fourth-order valence-corrected chi connectivity index (χ4v) is 5.03. The Kier molecular flexibility index (Phi) is 6.72. The van der Waals surface area contributed by atoms with Crippen LogP contribution in [0.25, 0.3) is 0 Å². The minimum atomic E-state index is -0.250. The van der Waals surface area contributed by atoms with Gasteiger partial charge in [-0.15, -0.1) is 11.3 Å². The van der Waals surface area contributed by atoms with Crippen LogP contribution in [0.4, 0.5) is 0 Å². The Morgan fingerprint density at radius 1 is 1.25 bits per heavy atom. The van der Waals surface area contributed by atoms with Crippen molar-refractivity contribution in [2.24, 2.45) is 5.92 Å². The Balaban J connectivity index is 1.51. The van der Waals surface area contributed by atoms with Crippen LogP contribution in [-0.4, -0.2) is 28.0 Å². The molecular formula is C20H26N4O2S2. The van der Waals surface area contributed by atoms with E-state index in [1.165, 1.54) is 40.0 Å². The number of carbonyl (C=O) groups is 2. The summed E-state index contributed by atoms with van der Waals surface area (Å²) in [6.07, 6.45) is 5.99. The van der Waals surface area contributed by atoms with Crippen LogP contribution < -0.4 is 10.9 Å².